The summed E-state index contributed by atoms with van der Waals surface area (Å²) in [6.45, 7) is 5.49. The third-order valence-electron chi connectivity index (χ3n) is 2.76. The second-order valence-electron chi connectivity index (χ2n) is 4.79. The van der Waals surface area contributed by atoms with E-state index < -0.39 is 0 Å². The summed E-state index contributed by atoms with van der Waals surface area (Å²) in [6.07, 6.45) is 0. The van der Waals surface area contributed by atoms with Gasteiger partial charge in [-0.15, -0.1) is 0 Å². The first-order chi connectivity index (χ1) is 8.68. The predicted molar refractivity (Wildman–Crippen MR) is 82.4 cm³/mol. The molecule has 18 heavy (non-hydrogen) atoms. The van der Waals surface area contributed by atoms with Crippen molar-refractivity contribution in [2.24, 2.45) is 5.92 Å². The third kappa shape index (κ3) is 3.14. The molecular weight excluding hydrogens is 286 g/mol. The van der Waals surface area contributed by atoms with Gasteiger partial charge in [-0.2, -0.15) is 0 Å². The van der Waals surface area contributed by atoms with E-state index in [1.54, 1.807) is 0 Å². The lowest BCUT2D eigenvalue weighted by atomic mass is 10.1. The van der Waals surface area contributed by atoms with Gasteiger partial charge in [0.1, 0.15) is 0 Å². The van der Waals surface area contributed by atoms with Crippen LogP contribution < -0.4 is 4.90 Å². The van der Waals surface area contributed by atoms with Crippen LogP contribution in [-0.2, 0) is 0 Å². The lowest BCUT2D eigenvalue weighted by Crippen LogP contribution is -2.22. The second kappa shape index (κ2) is 6.05. The van der Waals surface area contributed by atoms with Crippen LogP contribution in [0.25, 0.3) is 0 Å². The molecule has 2 aromatic carbocycles. The molecule has 0 unspecified atom stereocenters. The minimum absolute atomic E-state index is 0.609. The van der Waals surface area contributed by atoms with E-state index in [-0.39, 0.29) is 0 Å². The molecule has 1 nitrogen and oxygen atoms in total. The Labute approximate surface area is 118 Å². The summed E-state index contributed by atoms with van der Waals surface area (Å²) in [6, 6.07) is 18.9. The molecule has 0 bridgehead atoms. The lowest BCUT2D eigenvalue weighted by Gasteiger charge is -2.27. The first-order valence-corrected chi connectivity index (χ1v) is 7.05. The molecule has 0 atom stereocenters. The molecule has 2 rings (SSSR count). The highest BCUT2D eigenvalue weighted by Crippen LogP contribution is 2.32. The van der Waals surface area contributed by atoms with E-state index in [9.17, 15) is 0 Å². The summed E-state index contributed by atoms with van der Waals surface area (Å²) in [5.74, 6) is 0.609. The van der Waals surface area contributed by atoms with Gasteiger partial charge in [0.25, 0.3) is 0 Å². The van der Waals surface area contributed by atoms with E-state index in [1.807, 2.05) is 6.07 Å². The van der Waals surface area contributed by atoms with Gasteiger partial charge >= 0.3 is 0 Å². The van der Waals surface area contributed by atoms with Crippen LogP contribution in [0.4, 0.5) is 11.4 Å². The Morgan fingerprint density at radius 3 is 2.17 bits per heavy atom. The normalized spacial score (nSPS) is 10.7. The number of benzene rings is 2. The molecule has 0 amide bonds. The number of rotatable bonds is 4. The highest BCUT2D eigenvalue weighted by Gasteiger charge is 2.12. The summed E-state index contributed by atoms with van der Waals surface area (Å²) in [5, 5.41) is 0. The van der Waals surface area contributed by atoms with Crippen molar-refractivity contribution in [1.82, 2.24) is 0 Å². The van der Waals surface area contributed by atoms with Crippen molar-refractivity contribution in [2.45, 2.75) is 13.8 Å². The number of halogens is 1. The molecule has 0 N–H and O–H groups in total. The Hall–Kier alpha value is -1.28. The fraction of sp³-hybridized carbons (Fsp3) is 0.250. The lowest BCUT2D eigenvalue weighted by molar-refractivity contribution is 0.651. The Morgan fingerprint density at radius 1 is 0.944 bits per heavy atom. The molecular formula is C16H18BrN. The number of anilines is 2. The molecule has 0 saturated heterocycles. The summed E-state index contributed by atoms with van der Waals surface area (Å²) in [4.78, 5) is 2.36. The van der Waals surface area contributed by atoms with Gasteiger partial charge in [0.05, 0.1) is 5.69 Å². The fourth-order valence-electron chi connectivity index (χ4n) is 1.99. The van der Waals surface area contributed by atoms with Crippen molar-refractivity contribution >= 4 is 27.3 Å². The van der Waals surface area contributed by atoms with Gasteiger partial charge in [0.15, 0.2) is 0 Å². The average molecular weight is 304 g/mol. The highest BCUT2D eigenvalue weighted by atomic mass is 79.9. The van der Waals surface area contributed by atoms with Crippen LogP contribution >= 0.6 is 15.9 Å². The average Bonchev–Trinajstić information content (AvgIpc) is 2.38. The topological polar surface area (TPSA) is 3.24 Å². The van der Waals surface area contributed by atoms with Crippen LogP contribution in [0.3, 0.4) is 0 Å². The molecule has 0 aliphatic heterocycles. The van der Waals surface area contributed by atoms with E-state index in [4.69, 9.17) is 0 Å². The molecule has 2 aromatic rings. The van der Waals surface area contributed by atoms with Gasteiger partial charge in [-0.05, 0) is 46.1 Å². The summed E-state index contributed by atoms with van der Waals surface area (Å²) < 4.78 is 1.13. The van der Waals surface area contributed by atoms with Gasteiger partial charge in [-0.1, -0.05) is 44.2 Å². The molecule has 0 heterocycles. The minimum Gasteiger partial charge on any atom is -0.340 e. The summed E-state index contributed by atoms with van der Waals surface area (Å²) in [5.41, 5.74) is 2.45. The number of hydrogen-bond acceptors (Lipinski definition) is 1. The van der Waals surface area contributed by atoms with Crippen LogP contribution in [-0.4, -0.2) is 6.54 Å². The Bertz CT molecular complexity index is 493. The zero-order valence-electron chi connectivity index (χ0n) is 10.8. The molecule has 2 heteroatoms. The molecule has 94 valence electrons. The van der Waals surface area contributed by atoms with Crippen molar-refractivity contribution in [3.63, 3.8) is 0 Å². The minimum atomic E-state index is 0.609. The van der Waals surface area contributed by atoms with E-state index in [0.29, 0.717) is 5.92 Å². The van der Waals surface area contributed by atoms with Crippen molar-refractivity contribution in [3.05, 3.63) is 59.1 Å². The number of para-hydroxylation sites is 2. The maximum atomic E-state index is 3.64. The quantitative estimate of drug-likeness (QED) is 0.746. The van der Waals surface area contributed by atoms with E-state index in [0.717, 1.165) is 11.0 Å². The number of nitrogens with zero attached hydrogens (tertiary/aromatic N) is 1. The SMILES string of the molecule is CC(C)CN(c1ccccc1)c1ccccc1Br. The predicted octanol–water partition coefficient (Wildman–Crippen LogP) is 5.24. The van der Waals surface area contributed by atoms with Crippen LogP contribution in [0, 0.1) is 5.92 Å². The second-order valence-corrected chi connectivity index (χ2v) is 5.65. The van der Waals surface area contributed by atoms with Gasteiger partial charge in [-0.3, -0.25) is 0 Å². The molecule has 0 aliphatic carbocycles. The van der Waals surface area contributed by atoms with E-state index in [1.165, 1.54) is 11.4 Å². The zero-order valence-corrected chi connectivity index (χ0v) is 12.4. The third-order valence-corrected chi connectivity index (χ3v) is 3.43. The Balaban J connectivity index is 2.41. The molecule has 0 radical (unpaired) electrons. The van der Waals surface area contributed by atoms with Crippen LogP contribution in [0.15, 0.2) is 59.1 Å². The maximum Gasteiger partial charge on any atom is 0.0555 e. The molecule has 0 saturated carbocycles. The van der Waals surface area contributed by atoms with Crippen molar-refractivity contribution in [2.75, 3.05) is 11.4 Å². The molecule has 0 aliphatic rings. The van der Waals surface area contributed by atoms with E-state index in [2.05, 4.69) is 83.2 Å². The van der Waals surface area contributed by atoms with Gasteiger partial charge in [-0.25, -0.2) is 0 Å². The monoisotopic (exact) mass is 303 g/mol. The van der Waals surface area contributed by atoms with Gasteiger partial charge in [0.2, 0.25) is 0 Å². The zero-order chi connectivity index (χ0) is 13.0. The summed E-state index contributed by atoms with van der Waals surface area (Å²) in [7, 11) is 0. The smallest absolute Gasteiger partial charge is 0.0555 e. The highest BCUT2D eigenvalue weighted by molar-refractivity contribution is 9.10. The van der Waals surface area contributed by atoms with Crippen LogP contribution in [0.5, 0.6) is 0 Å². The molecule has 0 spiro atoms. The standard InChI is InChI=1S/C16H18BrN/c1-13(2)12-18(14-8-4-3-5-9-14)16-11-7-6-10-15(16)17/h3-11,13H,12H2,1-2H3. The van der Waals surface area contributed by atoms with Crippen LogP contribution in [0.1, 0.15) is 13.8 Å². The molecule has 0 fully saturated rings. The van der Waals surface area contributed by atoms with Gasteiger partial charge < -0.3 is 4.90 Å². The maximum absolute atomic E-state index is 3.64. The van der Waals surface area contributed by atoms with E-state index >= 15 is 0 Å². The largest absolute Gasteiger partial charge is 0.340 e. The fourth-order valence-corrected chi connectivity index (χ4v) is 2.49. The van der Waals surface area contributed by atoms with Crippen molar-refractivity contribution < 1.29 is 0 Å². The van der Waals surface area contributed by atoms with Gasteiger partial charge in [0, 0.05) is 16.7 Å². The first kappa shape index (κ1) is 13.2. The summed E-state index contributed by atoms with van der Waals surface area (Å²) >= 11 is 3.64. The Morgan fingerprint density at radius 2 is 1.56 bits per heavy atom. The van der Waals surface area contributed by atoms with Crippen LogP contribution in [0.2, 0.25) is 0 Å². The Kier molecular flexibility index (Phi) is 4.43. The van der Waals surface area contributed by atoms with Crippen molar-refractivity contribution in [1.29, 1.82) is 0 Å². The number of hydrogen-bond donors (Lipinski definition) is 0. The van der Waals surface area contributed by atoms with Crippen molar-refractivity contribution in [3.8, 4) is 0 Å². The molecule has 0 aromatic heterocycles. The first-order valence-electron chi connectivity index (χ1n) is 6.25.